The summed E-state index contributed by atoms with van der Waals surface area (Å²) in [5.74, 6) is -1.78. The molecule has 0 saturated heterocycles. The van der Waals surface area contributed by atoms with Gasteiger partial charge in [-0.1, -0.05) is 18.2 Å². The van der Waals surface area contributed by atoms with Crippen LogP contribution >= 0.6 is 0 Å². The van der Waals surface area contributed by atoms with Gasteiger partial charge >= 0.3 is 12.6 Å². The lowest BCUT2D eigenvalue weighted by molar-refractivity contribution is -0.142. The van der Waals surface area contributed by atoms with Crippen LogP contribution in [0.3, 0.4) is 0 Å². The first-order valence-corrected chi connectivity index (χ1v) is 10.4. The Morgan fingerprint density at radius 3 is 2.50 bits per heavy atom. The Labute approximate surface area is 183 Å². The molecule has 0 heterocycles. The molecule has 0 aliphatic carbocycles. The van der Waals surface area contributed by atoms with E-state index in [1.807, 2.05) is 0 Å². The molecule has 0 spiro atoms. The van der Waals surface area contributed by atoms with Gasteiger partial charge in [-0.2, -0.15) is 8.78 Å². The van der Waals surface area contributed by atoms with Gasteiger partial charge in [-0.05, 0) is 43.0 Å². The third-order valence-electron chi connectivity index (χ3n) is 3.88. The van der Waals surface area contributed by atoms with Crippen LogP contribution in [0.4, 0.5) is 14.5 Å². The van der Waals surface area contributed by atoms with Gasteiger partial charge < -0.3 is 19.5 Å². The average molecular weight is 470 g/mol. The number of ether oxygens (including phenoxy) is 3. The summed E-state index contributed by atoms with van der Waals surface area (Å²) >= 11 is 0. The third kappa shape index (κ3) is 7.03. The molecule has 0 unspecified atom stereocenters. The van der Waals surface area contributed by atoms with Gasteiger partial charge in [-0.15, -0.1) is 0 Å². The van der Waals surface area contributed by atoms with Crippen molar-refractivity contribution in [1.82, 2.24) is 4.72 Å². The molecular weight excluding hydrogens is 450 g/mol. The van der Waals surface area contributed by atoms with E-state index in [0.717, 1.165) is 6.08 Å². The van der Waals surface area contributed by atoms with E-state index in [4.69, 9.17) is 9.47 Å². The van der Waals surface area contributed by atoms with Crippen molar-refractivity contribution in [2.24, 2.45) is 0 Å². The molecule has 32 heavy (non-hydrogen) atoms. The molecule has 2 N–H and O–H groups in total. The van der Waals surface area contributed by atoms with Gasteiger partial charge in [0.25, 0.3) is 5.91 Å². The van der Waals surface area contributed by atoms with Crippen molar-refractivity contribution in [2.45, 2.75) is 11.5 Å². The number of anilines is 1. The highest BCUT2D eigenvalue weighted by Crippen LogP contribution is 2.26. The van der Waals surface area contributed by atoms with Gasteiger partial charge in [0.05, 0.1) is 12.8 Å². The number of alkyl halides is 2. The minimum absolute atomic E-state index is 0.0131. The molecule has 1 amide bonds. The number of nitrogens with one attached hydrogen (secondary N) is 2. The number of para-hydroxylation sites is 2. The highest BCUT2D eigenvalue weighted by atomic mass is 32.2. The summed E-state index contributed by atoms with van der Waals surface area (Å²) < 4.78 is 65.3. The van der Waals surface area contributed by atoms with Crippen LogP contribution in [0.15, 0.2) is 53.4 Å². The molecule has 2 aromatic rings. The van der Waals surface area contributed by atoms with Crippen LogP contribution in [0, 0.1) is 0 Å². The second-order valence-corrected chi connectivity index (χ2v) is 7.84. The molecule has 0 fully saturated rings. The van der Waals surface area contributed by atoms with E-state index in [1.165, 1.54) is 62.7 Å². The summed E-state index contributed by atoms with van der Waals surface area (Å²) in [4.78, 5) is 23.7. The number of amides is 1. The predicted octanol–water partition coefficient (Wildman–Crippen LogP) is 2.40. The number of carbonyl (C=O) groups excluding carboxylic acids is 2. The molecule has 12 heteroatoms. The predicted molar refractivity (Wildman–Crippen MR) is 111 cm³/mol. The minimum atomic E-state index is -3.80. The fourth-order valence-electron chi connectivity index (χ4n) is 2.42. The topological polar surface area (TPSA) is 120 Å². The Bertz CT molecular complexity index is 1100. The largest absolute Gasteiger partial charge is 0.495 e. The molecule has 0 aromatic heterocycles. The number of esters is 1. The van der Waals surface area contributed by atoms with Gasteiger partial charge in [0.2, 0.25) is 10.0 Å². The maximum atomic E-state index is 12.4. The zero-order chi connectivity index (χ0) is 23.7. The molecule has 0 bridgehead atoms. The van der Waals surface area contributed by atoms with E-state index in [-0.39, 0.29) is 22.1 Å². The van der Waals surface area contributed by atoms with Crippen LogP contribution in [-0.2, 0) is 24.3 Å². The van der Waals surface area contributed by atoms with Crippen molar-refractivity contribution >= 4 is 33.7 Å². The quantitative estimate of drug-likeness (QED) is 0.404. The second kappa shape index (κ2) is 11.2. The van der Waals surface area contributed by atoms with Gasteiger partial charge in [0.15, 0.2) is 6.61 Å². The zero-order valence-corrected chi connectivity index (χ0v) is 17.8. The van der Waals surface area contributed by atoms with Crippen molar-refractivity contribution in [1.29, 1.82) is 0 Å². The summed E-state index contributed by atoms with van der Waals surface area (Å²) in [6, 6.07) is 9.77. The monoisotopic (exact) mass is 470 g/mol. The zero-order valence-electron chi connectivity index (χ0n) is 17.0. The number of carbonyl (C=O) groups is 2. The van der Waals surface area contributed by atoms with Crippen LogP contribution in [0.5, 0.6) is 11.5 Å². The standard InChI is InChI=1S/C20H20F2N2O7S/c1-23-32(27,28)17-11-13(7-9-16(17)29-2)8-10-19(26)30-12-18(25)24-14-5-3-4-6-15(14)31-20(21)22/h3-11,20,23H,12H2,1-2H3,(H,24,25)/b10-8+. The summed E-state index contributed by atoms with van der Waals surface area (Å²) in [6.07, 6.45) is 2.29. The van der Waals surface area contributed by atoms with Gasteiger partial charge in [0.1, 0.15) is 16.4 Å². The van der Waals surface area contributed by atoms with Crippen LogP contribution in [-0.4, -0.2) is 47.7 Å². The average Bonchev–Trinajstić information content (AvgIpc) is 2.77. The SMILES string of the molecule is CNS(=O)(=O)c1cc(/C=C/C(=O)OCC(=O)Nc2ccccc2OC(F)F)ccc1OC. The van der Waals surface area contributed by atoms with Crippen molar-refractivity contribution in [3.05, 3.63) is 54.1 Å². The molecule has 0 atom stereocenters. The van der Waals surface area contributed by atoms with E-state index < -0.39 is 35.1 Å². The molecule has 2 rings (SSSR count). The molecule has 172 valence electrons. The second-order valence-electron chi connectivity index (χ2n) is 5.98. The number of rotatable bonds is 10. The molecule has 0 radical (unpaired) electrons. The Kier molecular flexibility index (Phi) is 8.67. The summed E-state index contributed by atoms with van der Waals surface area (Å²) in [7, 11) is -1.23. The maximum Gasteiger partial charge on any atom is 0.387 e. The summed E-state index contributed by atoms with van der Waals surface area (Å²) in [5, 5.41) is 2.30. The normalized spacial score (nSPS) is 11.4. The Morgan fingerprint density at radius 2 is 1.84 bits per heavy atom. The van der Waals surface area contributed by atoms with E-state index in [1.54, 1.807) is 0 Å². The lowest BCUT2D eigenvalue weighted by Crippen LogP contribution is -2.20. The maximum absolute atomic E-state index is 12.4. The lowest BCUT2D eigenvalue weighted by atomic mass is 10.2. The van der Waals surface area contributed by atoms with Gasteiger partial charge in [-0.3, -0.25) is 4.79 Å². The first-order valence-electron chi connectivity index (χ1n) is 8.96. The van der Waals surface area contributed by atoms with E-state index in [0.29, 0.717) is 5.56 Å². The smallest absolute Gasteiger partial charge is 0.387 e. The highest BCUT2D eigenvalue weighted by Gasteiger charge is 2.18. The van der Waals surface area contributed by atoms with E-state index >= 15 is 0 Å². The minimum Gasteiger partial charge on any atom is -0.495 e. The lowest BCUT2D eigenvalue weighted by Gasteiger charge is -2.11. The number of methoxy groups -OCH3 is 1. The highest BCUT2D eigenvalue weighted by molar-refractivity contribution is 7.89. The van der Waals surface area contributed by atoms with E-state index in [2.05, 4.69) is 14.8 Å². The Balaban J connectivity index is 1.99. The molecule has 2 aromatic carbocycles. The van der Waals surface area contributed by atoms with Crippen molar-refractivity contribution < 1.29 is 41.0 Å². The van der Waals surface area contributed by atoms with Gasteiger partial charge in [-0.25, -0.2) is 17.9 Å². The van der Waals surface area contributed by atoms with Crippen LogP contribution < -0.4 is 19.5 Å². The first kappa shape index (κ1) is 24.8. The first-order chi connectivity index (χ1) is 15.2. The summed E-state index contributed by atoms with van der Waals surface area (Å²) in [6.45, 7) is -3.76. The summed E-state index contributed by atoms with van der Waals surface area (Å²) in [5.41, 5.74) is 0.347. The van der Waals surface area contributed by atoms with Crippen LogP contribution in [0.1, 0.15) is 5.56 Å². The third-order valence-corrected chi connectivity index (χ3v) is 5.32. The van der Waals surface area contributed by atoms with Crippen molar-refractivity contribution in [3.8, 4) is 11.5 Å². The van der Waals surface area contributed by atoms with Crippen molar-refractivity contribution in [2.75, 3.05) is 26.1 Å². The Hall–Kier alpha value is -3.51. The molecular formula is C20H20F2N2O7S. The molecule has 0 aliphatic rings. The Morgan fingerprint density at radius 1 is 1.12 bits per heavy atom. The fourth-order valence-corrected chi connectivity index (χ4v) is 3.35. The number of hydrogen-bond donors (Lipinski definition) is 2. The molecule has 0 saturated carbocycles. The van der Waals surface area contributed by atoms with E-state index in [9.17, 15) is 26.8 Å². The van der Waals surface area contributed by atoms with Crippen molar-refractivity contribution in [3.63, 3.8) is 0 Å². The number of sulfonamides is 1. The fraction of sp³-hybridized carbons (Fsp3) is 0.200. The number of halogens is 2. The number of hydrogen-bond acceptors (Lipinski definition) is 7. The number of benzene rings is 2. The van der Waals surface area contributed by atoms with Crippen LogP contribution in [0.25, 0.3) is 6.08 Å². The van der Waals surface area contributed by atoms with Gasteiger partial charge in [0, 0.05) is 6.08 Å². The molecule has 0 aliphatic heterocycles. The van der Waals surface area contributed by atoms with Crippen LogP contribution in [0.2, 0.25) is 0 Å². The molecule has 9 nitrogen and oxygen atoms in total.